The fraction of sp³-hybridized carbons (Fsp3) is 0.357. The Morgan fingerprint density at radius 2 is 2.06 bits per heavy atom. The topological polar surface area (TPSA) is 38.0 Å². The van der Waals surface area contributed by atoms with E-state index in [0.717, 1.165) is 17.7 Å². The lowest BCUT2D eigenvalue weighted by molar-refractivity contribution is 0.0875. The third kappa shape index (κ3) is 1.98. The molecule has 0 aliphatic rings. The smallest absolute Gasteiger partial charge is 0.145 e. The first-order valence-electron chi connectivity index (χ1n) is 5.87. The molecule has 0 spiro atoms. The maximum absolute atomic E-state index is 10.8. The highest BCUT2D eigenvalue weighted by molar-refractivity contribution is 5.35. The molecule has 1 unspecified atom stereocenters. The third-order valence-electron chi connectivity index (χ3n) is 3.16. The predicted octanol–water partition coefficient (Wildman–Crippen LogP) is 2.47. The van der Waals surface area contributed by atoms with E-state index in [0.29, 0.717) is 5.82 Å². The van der Waals surface area contributed by atoms with Gasteiger partial charge in [-0.05, 0) is 31.9 Å². The molecule has 0 aliphatic carbocycles. The Morgan fingerprint density at radius 3 is 2.71 bits per heavy atom. The van der Waals surface area contributed by atoms with Crippen LogP contribution >= 0.6 is 0 Å². The molecule has 0 bridgehead atoms. The lowest BCUT2D eigenvalue weighted by Gasteiger charge is -2.25. The molecule has 1 N–H and O–H groups in total. The summed E-state index contributed by atoms with van der Waals surface area (Å²) in [5.74, 6) is 0.689. The van der Waals surface area contributed by atoms with Crippen LogP contribution in [0.5, 0.6) is 0 Å². The van der Waals surface area contributed by atoms with Crippen molar-refractivity contribution in [3.8, 4) is 0 Å². The van der Waals surface area contributed by atoms with Crippen LogP contribution in [0.2, 0.25) is 0 Å². The fourth-order valence-corrected chi connectivity index (χ4v) is 2.23. The van der Waals surface area contributed by atoms with Crippen molar-refractivity contribution in [1.29, 1.82) is 0 Å². The Labute approximate surface area is 102 Å². The van der Waals surface area contributed by atoms with E-state index in [4.69, 9.17) is 0 Å². The maximum Gasteiger partial charge on any atom is 0.145 e. The molecule has 3 nitrogen and oxygen atoms in total. The lowest BCUT2D eigenvalue weighted by Crippen LogP contribution is -2.28. The molecule has 0 amide bonds. The number of nitrogens with zero attached hydrogens (tertiary/aromatic N) is 2. The van der Waals surface area contributed by atoms with Gasteiger partial charge in [-0.25, -0.2) is 4.98 Å². The van der Waals surface area contributed by atoms with Gasteiger partial charge in [0.2, 0.25) is 0 Å². The molecular formula is C14H18N2O. The molecule has 1 aromatic heterocycles. The van der Waals surface area contributed by atoms with Crippen molar-refractivity contribution < 1.29 is 5.11 Å². The lowest BCUT2D eigenvalue weighted by atomic mass is 9.91. The number of benzene rings is 1. The number of aromatic nitrogens is 2. The molecule has 17 heavy (non-hydrogen) atoms. The summed E-state index contributed by atoms with van der Waals surface area (Å²) in [6.07, 6.45) is 3.62. The van der Waals surface area contributed by atoms with E-state index >= 15 is 0 Å². The van der Waals surface area contributed by atoms with Gasteiger partial charge in [0.25, 0.3) is 0 Å². The van der Waals surface area contributed by atoms with E-state index in [1.807, 2.05) is 48.9 Å². The Kier molecular flexibility index (Phi) is 3.03. The number of aryl methyl sites for hydroxylation is 2. The minimum atomic E-state index is -1.05. The Morgan fingerprint density at radius 1 is 1.35 bits per heavy atom. The van der Waals surface area contributed by atoms with E-state index < -0.39 is 5.60 Å². The molecule has 1 atom stereocenters. The fourth-order valence-electron chi connectivity index (χ4n) is 2.23. The number of hydrogen-bond acceptors (Lipinski definition) is 2. The number of hydrogen-bond donors (Lipinski definition) is 1. The van der Waals surface area contributed by atoms with E-state index in [1.165, 1.54) is 0 Å². The van der Waals surface area contributed by atoms with Crippen LogP contribution in [0.15, 0.2) is 36.7 Å². The maximum atomic E-state index is 10.8. The molecule has 3 heteroatoms. The number of aliphatic hydroxyl groups is 1. The van der Waals surface area contributed by atoms with Gasteiger partial charge in [-0.15, -0.1) is 0 Å². The quantitative estimate of drug-likeness (QED) is 0.879. The van der Waals surface area contributed by atoms with Gasteiger partial charge in [0, 0.05) is 18.9 Å². The van der Waals surface area contributed by atoms with Crippen LogP contribution in [0, 0.1) is 6.92 Å². The van der Waals surface area contributed by atoms with Gasteiger partial charge in [0.1, 0.15) is 11.4 Å². The van der Waals surface area contributed by atoms with Crippen LogP contribution in [0.3, 0.4) is 0 Å². The van der Waals surface area contributed by atoms with Gasteiger partial charge in [0.05, 0.1) is 0 Å². The number of rotatable bonds is 3. The largest absolute Gasteiger partial charge is 0.377 e. The molecule has 90 valence electrons. The molecule has 1 heterocycles. The highest BCUT2D eigenvalue weighted by Crippen LogP contribution is 2.29. The molecule has 0 fully saturated rings. The Hall–Kier alpha value is -1.61. The molecule has 0 saturated heterocycles. The molecule has 0 saturated carbocycles. The second kappa shape index (κ2) is 4.34. The molecule has 0 radical (unpaired) electrons. The van der Waals surface area contributed by atoms with E-state index in [1.54, 1.807) is 13.1 Å². The monoisotopic (exact) mass is 230 g/mol. The number of imidazole rings is 1. The molecule has 1 aromatic carbocycles. The van der Waals surface area contributed by atoms with Gasteiger partial charge in [-0.1, -0.05) is 24.3 Å². The van der Waals surface area contributed by atoms with Crippen molar-refractivity contribution in [3.63, 3.8) is 0 Å². The van der Waals surface area contributed by atoms with E-state index in [9.17, 15) is 5.11 Å². The average Bonchev–Trinajstić information content (AvgIpc) is 2.78. The zero-order valence-electron chi connectivity index (χ0n) is 10.5. The van der Waals surface area contributed by atoms with Crippen LogP contribution in [0.25, 0.3) is 0 Å². The summed E-state index contributed by atoms with van der Waals surface area (Å²) < 4.78 is 1.96. The standard InChI is InChI=1S/C14H18N2O/c1-4-16-10-9-15-13(16)14(3,17)12-8-6-5-7-11(12)2/h5-10,17H,4H2,1-3H3. The van der Waals surface area contributed by atoms with Gasteiger partial charge in [0.15, 0.2) is 0 Å². The SMILES string of the molecule is CCn1ccnc1C(C)(O)c1ccccc1C. The summed E-state index contributed by atoms with van der Waals surface area (Å²) in [7, 11) is 0. The Balaban J connectivity index is 2.53. The van der Waals surface area contributed by atoms with Gasteiger partial charge in [-0.3, -0.25) is 0 Å². The van der Waals surface area contributed by atoms with Crippen LogP contribution in [0.1, 0.15) is 30.8 Å². The third-order valence-corrected chi connectivity index (χ3v) is 3.16. The van der Waals surface area contributed by atoms with Crippen molar-refractivity contribution in [3.05, 3.63) is 53.6 Å². The van der Waals surface area contributed by atoms with Gasteiger partial charge < -0.3 is 9.67 Å². The van der Waals surface area contributed by atoms with Crippen LogP contribution in [-0.2, 0) is 12.1 Å². The first kappa shape index (κ1) is 11.9. The minimum absolute atomic E-state index is 0.689. The van der Waals surface area contributed by atoms with Crippen LogP contribution in [0.4, 0.5) is 0 Å². The van der Waals surface area contributed by atoms with Crippen molar-refractivity contribution in [2.45, 2.75) is 32.9 Å². The molecule has 2 aromatic rings. The summed E-state index contributed by atoms with van der Waals surface area (Å²) in [5, 5.41) is 10.8. The van der Waals surface area contributed by atoms with Crippen molar-refractivity contribution in [2.75, 3.05) is 0 Å². The van der Waals surface area contributed by atoms with Gasteiger partial charge in [-0.2, -0.15) is 0 Å². The zero-order chi connectivity index (χ0) is 12.5. The highest BCUT2D eigenvalue weighted by atomic mass is 16.3. The van der Waals surface area contributed by atoms with Crippen molar-refractivity contribution in [2.24, 2.45) is 0 Å². The summed E-state index contributed by atoms with van der Waals surface area (Å²) in [6, 6.07) is 7.87. The first-order valence-corrected chi connectivity index (χ1v) is 5.87. The molecular weight excluding hydrogens is 212 g/mol. The van der Waals surface area contributed by atoms with Crippen LogP contribution < -0.4 is 0 Å². The zero-order valence-corrected chi connectivity index (χ0v) is 10.5. The van der Waals surface area contributed by atoms with Gasteiger partial charge >= 0.3 is 0 Å². The van der Waals surface area contributed by atoms with E-state index in [-0.39, 0.29) is 0 Å². The van der Waals surface area contributed by atoms with Crippen molar-refractivity contribution >= 4 is 0 Å². The summed E-state index contributed by atoms with van der Waals surface area (Å²) in [5.41, 5.74) is 0.925. The predicted molar refractivity (Wildman–Crippen MR) is 67.8 cm³/mol. The van der Waals surface area contributed by atoms with E-state index in [2.05, 4.69) is 4.98 Å². The second-order valence-electron chi connectivity index (χ2n) is 4.42. The first-order chi connectivity index (χ1) is 8.07. The average molecular weight is 230 g/mol. The highest BCUT2D eigenvalue weighted by Gasteiger charge is 2.31. The molecule has 0 aliphatic heterocycles. The summed E-state index contributed by atoms with van der Waals surface area (Å²) in [6.45, 7) is 6.64. The van der Waals surface area contributed by atoms with Crippen LogP contribution in [-0.4, -0.2) is 14.7 Å². The summed E-state index contributed by atoms with van der Waals surface area (Å²) >= 11 is 0. The normalized spacial score (nSPS) is 14.6. The summed E-state index contributed by atoms with van der Waals surface area (Å²) in [4.78, 5) is 4.29. The van der Waals surface area contributed by atoms with Crippen molar-refractivity contribution in [1.82, 2.24) is 9.55 Å². The Bertz CT molecular complexity index is 514. The minimum Gasteiger partial charge on any atom is -0.377 e. The second-order valence-corrected chi connectivity index (χ2v) is 4.42. The molecule has 2 rings (SSSR count).